The van der Waals surface area contributed by atoms with Crippen LogP contribution in [0.5, 0.6) is 0 Å². The van der Waals surface area contributed by atoms with Gasteiger partial charge in [-0.2, -0.15) is 0 Å². The normalized spacial score (nSPS) is 15.6. The first-order valence-electron chi connectivity index (χ1n) is 9.18. The van der Waals surface area contributed by atoms with Crippen molar-refractivity contribution in [2.75, 3.05) is 23.7 Å². The number of urea groups is 1. The molecule has 1 aliphatic rings. The maximum Gasteiger partial charge on any atom is 0.321 e. The predicted octanol–water partition coefficient (Wildman–Crippen LogP) is 3.83. The molecule has 2 rings (SSSR count). The van der Waals surface area contributed by atoms with Crippen molar-refractivity contribution in [2.24, 2.45) is 11.7 Å². The second-order valence-electron chi connectivity index (χ2n) is 7.13. The Morgan fingerprint density at radius 2 is 1.50 bits per heavy atom. The van der Waals surface area contributed by atoms with Gasteiger partial charge in [0.15, 0.2) is 0 Å². The van der Waals surface area contributed by atoms with E-state index in [1.54, 1.807) is 24.3 Å². The monoisotopic (exact) mass is 382 g/mol. The van der Waals surface area contributed by atoms with Crippen molar-refractivity contribution in [1.82, 2.24) is 4.90 Å². The van der Waals surface area contributed by atoms with Gasteiger partial charge in [-0.05, 0) is 49.4 Å². The smallest absolute Gasteiger partial charge is 0.321 e. The molecule has 1 fully saturated rings. The Kier molecular flexibility index (Phi) is 9.44. The van der Waals surface area contributed by atoms with Crippen LogP contribution in [0, 0.1) is 5.92 Å². The summed E-state index contributed by atoms with van der Waals surface area (Å²) < 4.78 is 0. The van der Waals surface area contributed by atoms with E-state index in [-0.39, 0.29) is 24.3 Å². The fourth-order valence-electron chi connectivity index (χ4n) is 2.96. The number of hydrogen-bond acceptors (Lipinski definition) is 3. The molecule has 1 aromatic carbocycles. The highest BCUT2D eigenvalue weighted by Gasteiger charge is 2.16. The molecule has 146 valence electrons. The van der Waals surface area contributed by atoms with Crippen LogP contribution in [0.2, 0.25) is 0 Å². The zero-order valence-corrected chi connectivity index (χ0v) is 16.5. The van der Waals surface area contributed by atoms with Gasteiger partial charge in [-0.25, -0.2) is 4.79 Å². The largest absolute Gasteiger partial charge is 0.325 e. The van der Waals surface area contributed by atoms with Crippen LogP contribution in [0.4, 0.5) is 16.2 Å². The van der Waals surface area contributed by atoms with Crippen molar-refractivity contribution < 1.29 is 9.59 Å². The van der Waals surface area contributed by atoms with Gasteiger partial charge in [-0.3, -0.25) is 4.79 Å². The molecule has 3 amide bonds. The Bertz CT molecular complexity index is 569. The number of halogens is 1. The van der Waals surface area contributed by atoms with Crippen molar-refractivity contribution >= 4 is 35.7 Å². The number of amides is 3. The summed E-state index contributed by atoms with van der Waals surface area (Å²) in [6, 6.07) is 6.56. The lowest BCUT2D eigenvalue weighted by atomic mass is 10.0. The molecule has 1 atom stereocenters. The second-order valence-corrected chi connectivity index (χ2v) is 7.13. The molecule has 1 aromatic rings. The molecule has 0 radical (unpaired) electrons. The molecule has 0 saturated carbocycles. The summed E-state index contributed by atoms with van der Waals surface area (Å²) in [5.41, 5.74) is 7.28. The highest BCUT2D eigenvalue weighted by Crippen LogP contribution is 2.16. The lowest BCUT2D eigenvalue weighted by molar-refractivity contribution is -0.117. The molecular weight excluding hydrogens is 352 g/mol. The van der Waals surface area contributed by atoms with Gasteiger partial charge in [0.2, 0.25) is 5.91 Å². The molecule has 1 aliphatic heterocycles. The van der Waals surface area contributed by atoms with Crippen molar-refractivity contribution in [2.45, 2.75) is 52.0 Å². The third-order valence-corrected chi connectivity index (χ3v) is 4.36. The molecule has 0 spiro atoms. The number of carbonyl (C=O) groups excluding carboxylic acids is 2. The molecule has 6 nitrogen and oxygen atoms in total. The van der Waals surface area contributed by atoms with E-state index in [1.807, 2.05) is 18.7 Å². The highest BCUT2D eigenvalue weighted by atomic mass is 35.5. The summed E-state index contributed by atoms with van der Waals surface area (Å²) >= 11 is 0. The van der Waals surface area contributed by atoms with E-state index < -0.39 is 6.04 Å². The Morgan fingerprint density at radius 3 is 2.00 bits per heavy atom. The van der Waals surface area contributed by atoms with E-state index >= 15 is 0 Å². The maximum absolute atomic E-state index is 12.3. The molecule has 4 N–H and O–H groups in total. The number of benzene rings is 1. The highest BCUT2D eigenvalue weighted by molar-refractivity contribution is 5.95. The average molecular weight is 383 g/mol. The number of nitrogens with zero attached hydrogens (tertiary/aromatic N) is 1. The number of anilines is 2. The second kappa shape index (κ2) is 11.0. The minimum absolute atomic E-state index is 0. The Labute approximate surface area is 162 Å². The zero-order valence-electron chi connectivity index (χ0n) is 15.7. The molecule has 1 saturated heterocycles. The molecule has 0 aromatic heterocycles. The van der Waals surface area contributed by atoms with Gasteiger partial charge in [0, 0.05) is 24.5 Å². The summed E-state index contributed by atoms with van der Waals surface area (Å²) in [5, 5.41) is 5.73. The minimum atomic E-state index is -0.512. The number of carbonyl (C=O) groups is 2. The van der Waals surface area contributed by atoms with Gasteiger partial charge < -0.3 is 21.3 Å². The number of nitrogens with two attached hydrogens (primary N) is 1. The van der Waals surface area contributed by atoms with Crippen LogP contribution in [-0.2, 0) is 4.79 Å². The standard InChI is InChI=1S/C19H30N4O2.ClH/c1-14(2)13-17(20)18(24)21-15-7-9-16(10-8-15)22-19(25)23-11-5-3-4-6-12-23;/h7-10,14,17H,3-6,11-13,20H2,1-2H3,(H,21,24)(H,22,25);1H/t17-;/m0./s1. The topological polar surface area (TPSA) is 87.5 Å². The molecule has 0 unspecified atom stereocenters. The van der Waals surface area contributed by atoms with Gasteiger partial charge in [0.1, 0.15) is 0 Å². The van der Waals surface area contributed by atoms with Gasteiger partial charge in [0.05, 0.1) is 6.04 Å². The first-order valence-corrected chi connectivity index (χ1v) is 9.18. The first kappa shape index (κ1) is 22.3. The van der Waals surface area contributed by atoms with E-state index in [2.05, 4.69) is 10.6 Å². The van der Waals surface area contributed by atoms with Gasteiger partial charge >= 0.3 is 6.03 Å². The van der Waals surface area contributed by atoms with Crippen molar-refractivity contribution in [1.29, 1.82) is 0 Å². The van der Waals surface area contributed by atoms with Gasteiger partial charge in [-0.15, -0.1) is 12.4 Å². The number of nitrogens with one attached hydrogen (secondary N) is 2. The van der Waals surface area contributed by atoms with Crippen LogP contribution in [-0.4, -0.2) is 36.0 Å². The van der Waals surface area contributed by atoms with Crippen molar-refractivity contribution in [3.05, 3.63) is 24.3 Å². The molecule has 26 heavy (non-hydrogen) atoms. The van der Waals surface area contributed by atoms with Gasteiger partial charge in [-0.1, -0.05) is 26.7 Å². The summed E-state index contributed by atoms with van der Waals surface area (Å²) in [5.74, 6) is 0.187. The molecule has 7 heteroatoms. The van der Waals surface area contributed by atoms with Crippen LogP contribution in [0.25, 0.3) is 0 Å². The molecule has 0 bridgehead atoms. The lowest BCUT2D eigenvalue weighted by Gasteiger charge is -2.21. The zero-order chi connectivity index (χ0) is 18.2. The quantitative estimate of drug-likeness (QED) is 0.723. The van der Waals surface area contributed by atoms with Crippen molar-refractivity contribution in [3.8, 4) is 0 Å². The molecule has 0 aliphatic carbocycles. The average Bonchev–Trinajstić information content (AvgIpc) is 2.85. The molecule has 1 heterocycles. The Morgan fingerprint density at radius 1 is 1.00 bits per heavy atom. The van der Waals surface area contributed by atoms with E-state index in [0.717, 1.165) is 31.6 Å². The van der Waals surface area contributed by atoms with E-state index in [0.29, 0.717) is 18.0 Å². The van der Waals surface area contributed by atoms with Crippen LogP contribution in [0.15, 0.2) is 24.3 Å². The lowest BCUT2D eigenvalue weighted by Crippen LogP contribution is -2.36. The Balaban J connectivity index is 0.00000338. The Hall–Kier alpha value is -1.79. The SMILES string of the molecule is CC(C)C[C@H](N)C(=O)Nc1ccc(NC(=O)N2CCCCCC2)cc1.Cl. The fourth-order valence-corrected chi connectivity index (χ4v) is 2.96. The summed E-state index contributed by atoms with van der Waals surface area (Å²) in [6.07, 6.45) is 5.16. The minimum Gasteiger partial charge on any atom is -0.325 e. The van der Waals surface area contributed by atoms with E-state index in [4.69, 9.17) is 5.73 Å². The van der Waals surface area contributed by atoms with Crippen LogP contribution in [0.1, 0.15) is 46.0 Å². The summed E-state index contributed by atoms with van der Waals surface area (Å²) in [6.45, 7) is 5.70. The van der Waals surface area contributed by atoms with Crippen LogP contribution < -0.4 is 16.4 Å². The third-order valence-electron chi connectivity index (χ3n) is 4.36. The molecular formula is C19H31ClN4O2. The predicted molar refractivity (Wildman–Crippen MR) is 109 cm³/mol. The number of rotatable bonds is 5. The maximum atomic E-state index is 12.3. The van der Waals surface area contributed by atoms with Crippen molar-refractivity contribution in [3.63, 3.8) is 0 Å². The van der Waals surface area contributed by atoms with E-state index in [9.17, 15) is 9.59 Å². The van der Waals surface area contributed by atoms with E-state index in [1.165, 1.54) is 12.8 Å². The summed E-state index contributed by atoms with van der Waals surface area (Å²) in [4.78, 5) is 26.2. The number of hydrogen-bond donors (Lipinski definition) is 3. The van der Waals surface area contributed by atoms with Crippen LogP contribution >= 0.6 is 12.4 Å². The summed E-state index contributed by atoms with van der Waals surface area (Å²) in [7, 11) is 0. The van der Waals surface area contributed by atoms with Crippen LogP contribution in [0.3, 0.4) is 0 Å². The van der Waals surface area contributed by atoms with Gasteiger partial charge in [0.25, 0.3) is 0 Å². The fraction of sp³-hybridized carbons (Fsp3) is 0.579. The first-order chi connectivity index (χ1) is 12.0. The number of likely N-dealkylation sites (tertiary alicyclic amines) is 1. The third kappa shape index (κ3) is 7.22.